The second-order valence-electron chi connectivity index (χ2n) is 10.1. The third kappa shape index (κ3) is 5.50. The van der Waals surface area contributed by atoms with Crippen LogP contribution in [0, 0.1) is 5.41 Å². The Morgan fingerprint density at radius 2 is 1.66 bits per heavy atom. The van der Waals surface area contributed by atoms with Gasteiger partial charge in [0, 0.05) is 30.5 Å². The molecule has 0 bridgehead atoms. The molecular weight excluding hydrogens is 444 g/mol. The molecule has 7 nitrogen and oxygen atoms in total. The van der Waals surface area contributed by atoms with Crippen LogP contribution in [-0.2, 0) is 14.3 Å². The van der Waals surface area contributed by atoms with Crippen molar-refractivity contribution < 1.29 is 24.2 Å². The minimum atomic E-state index is -0.885. The summed E-state index contributed by atoms with van der Waals surface area (Å²) < 4.78 is 5.58. The molecule has 0 saturated carbocycles. The number of nitrogens with one attached hydrogen (secondary N) is 1. The van der Waals surface area contributed by atoms with E-state index in [0.717, 1.165) is 24.0 Å². The first-order valence-electron chi connectivity index (χ1n) is 12.4. The van der Waals surface area contributed by atoms with E-state index in [1.165, 1.54) is 11.1 Å². The van der Waals surface area contributed by atoms with Crippen LogP contribution in [0.5, 0.6) is 0 Å². The van der Waals surface area contributed by atoms with E-state index < -0.39 is 17.5 Å². The number of hydrogen-bond acceptors (Lipinski definition) is 4. The lowest BCUT2D eigenvalue weighted by molar-refractivity contribution is -0.147. The number of nitrogens with zero attached hydrogens (tertiary/aromatic N) is 1. The number of alkyl carbamates (subject to hydrolysis) is 1. The molecule has 2 aliphatic rings. The molecule has 35 heavy (non-hydrogen) atoms. The smallest absolute Gasteiger partial charge is 0.407 e. The highest BCUT2D eigenvalue weighted by Crippen LogP contribution is 2.44. The summed E-state index contributed by atoms with van der Waals surface area (Å²) in [6.07, 6.45) is 2.44. The summed E-state index contributed by atoms with van der Waals surface area (Å²) in [7, 11) is 0. The number of carbonyl (C=O) groups excluding carboxylic acids is 2. The summed E-state index contributed by atoms with van der Waals surface area (Å²) in [4.78, 5) is 38.6. The first-order chi connectivity index (χ1) is 16.8. The normalized spacial score (nSPS) is 17.4. The maximum Gasteiger partial charge on any atom is 0.407 e. The van der Waals surface area contributed by atoms with Crippen LogP contribution in [0.25, 0.3) is 11.1 Å². The fraction of sp³-hybridized carbons (Fsp3) is 0.464. The Balaban J connectivity index is 1.29. The number of fused-ring (bicyclic) bond motifs is 3. The van der Waals surface area contributed by atoms with Gasteiger partial charge in [0.05, 0.1) is 6.42 Å². The number of carbonyl (C=O) groups is 3. The van der Waals surface area contributed by atoms with Crippen molar-refractivity contribution in [2.24, 2.45) is 5.41 Å². The molecule has 0 aromatic heterocycles. The Morgan fingerprint density at radius 1 is 1.03 bits per heavy atom. The van der Waals surface area contributed by atoms with E-state index in [0.29, 0.717) is 25.9 Å². The predicted octanol–water partition coefficient (Wildman–Crippen LogP) is 4.80. The van der Waals surface area contributed by atoms with Gasteiger partial charge in [-0.15, -0.1) is 0 Å². The number of benzene rings is 2. The number of aliphatic carboxylic acids is 1. The lowest BCUT2D eigenvalue weighted by Crippen LogP contribution is -2.50. The van der Waals surface area contributed by atoms with Crippen molar-refractivity contribution in [3.8, 4) is 11.1 Å². The monoisotopic (exact) mass is 478 g/mol. The van der Waals surface area contributed by atoms with E-state index in [4.69, 9.17) is 4.74 Å². The zero-order valence-corrected chi connectivity index (χ0v) is 20.5. The van der Waals surface area contributed by atoms with Crippen molar-refractivity contribution in [3.63, 3.8) is 0 Å². The highest BCUT2D eigenvalue weighted by Gasteiger charge is 2.37. The zero-order chi connectivity index (χ0) is 25.0. The van der Waals surface area contributed by atoms with Gasteiger partial charge >= 0.3 is 12.1 Å². The highest BCUT2D eigenvalue weighted by molar-refractivity contribution is 5.83. The Kier molecular flexibility index (Phi) is 7.43. The van der Waals surface area contributed by atoms with Gasteiger partial charge in [0.25, 0.3) is 0 Å². The summed E-state index contributed by atoms with van der Waals surface area (Å²) in [5, 5.41) is 12.0. The fourth-order valence-electron chi connectivity index (χ4n) is 5.30. The summed E-state index contributed by atoms with van der Waals surface area (Å²) in [5.74, 6) is -0.946. The van der Waals surface area contributed by atoms with Crippen molar-refractivity contribution in [1.29, 1.82) is 0 Å². The molecule has 7 heteroatoms. The van der Waals surface area contributed by atoms with E-state index >= 15 is 0 Å². The van der Waals surface area contributed by atoms with E-state index in [1.807, 2.05) is 38.1 Å². The van der Waals surface area contributed by atoms with Crippen LogP contribution in [0.1, 0.15) is 63.0 Å². The molecule has 1 aliphatic heterocycles. The topological polar surface area (TPSA) is 95.9 Å². The molecular formula is C28H34N2O5. The molecule has 1 heterocycles. The second-order valence-corrected chi connectivity index (χ2v) is 10.1. The van der Waals surface area contributed by atoms with Crippen LogP contribution >= 0.6 is 0 Å². The zero-order valence-electron chi connectivity index (χ0n) is 20.5. The molecule has 2 amide bonds. The first-order valence-corrected chi connectivity index (χ1v) is 12.4. The SMILES string of the molecule is CC(C)(CCNC(=O)OCC1c2ccccc2-c2ccccc21)C(=O)N1CCCC[C@@H]1CC(=O)O. The van der Waals surface area contributed by atoms with Gasteiger partial charge in [0.2, 0.25) is 5.91 Å². The Morgan fingerprint density at radius 3 is 2.29 bits per heavy atom. The molecule has 0 unspecified atom stereocenters. The van der Waals surface area contributed by atoms with Gasteiger partial charge in [-0.25, -0.2) is 4.79 Å². The lowest BCUT2D eigenvalue weighted by Gasteiger charge is -2.40. The molecule has 1 fully saturated rings. The molecule has 0 radical (unpaired) electrons. The minimum absolute atomic E-state index is 0.00330. The Bertz CT molecular complexity index is 1050. The predicted molar refractivity (Wildman–Crippen MR) is 133 cm³/mol. The largest absolute Gasteiger partial charge is 0.481 e. The molecule has 2 N–H and O–H groups in total. The molecule has 0 spiro atoms. The third-order valence-electron chi connectivity index (χ3n) is 7.24. The average molecular weight is 479 g/mol. The molecule has 4 rings (SSSR count). The minimum Gasteiger partial charge on any atom is -0.481 e. The van der Waals surface area contributed by atoms with Gasteiger partial charge in [0.15, 0.2) is 0 Å². The van der Waals surface area contributed by atoms with E-state index in [2.05, 4.69) is 29.6 Å². The van der Waals surface area contributed by atoms with Crippen LogP contribution in [0.4, 0.5) is 4.79 Å². The van der Waals surface area contributed by atoms with E-state index in [1.54, 1.807) is 4.90 Å². The van der Waals surface area contributed by atoms with Crippen LogP contribution in [0.2, 0.25) is 0 Å². The number of piperidine rings is 1. The van der Waals surface area contributed by atoms with Gasteiger partial charge < -0.3 is 20.1 Å². The molecule has 2 aromatic rings. The van der Waals surface area contributed by atoms with Gasteiger partial charge in [0.1, 0.15) is 6.61 Å². The lowest BCUT2D eigenvalue weighted by atomic mass is 9.85. The van der Waals surface area contributed by atoms with E-state index in [-0.39, 0.29) is 30.9 Å². The van der Waals surface area contributed by atoms with E-state index in [9.17, 15) is 19.5 Å². The third-order valence-corrected chi connectivity index (χ3v) is 7.24. The number of hydrogen-bond donors (Lipinski definition) is 2. The number of likely N-dealkylation sites (tertiary alicyclic amines) is 1. The summed E-state index contributed by atoms with van der Waals surface area (Å²) in [6.45, 7) is 4.82. The van der Waals surface area contributed by atoms with Crippen LogP contribution in [-0.4, -0.2) is 53.7 Å². The molecule has 1 aliphatic carbocycles. The quantitative estimate of drug-likeness (QED) is 0.568. The standard InChI is InChI=1S/C28H34N2O5/c1-28(2,26(33)30-16-8-7-9-19(30)17-25(31)32)14-15-29-27(34)35-18-24-22-12-5-3-10-20(22)21-11-4-6-13-23(21)24/h3-6,10-13,19,24H,7-9,14-18H2,1-2H3,(H,29,34)(H,31,32)/t19-/m1/s1. The molecule has 186 valence electrons. The van der Waals surface area contributed by atoms with Crippen molar-refractivity contribution in [2.45, 2.75) is 57.9 Å². The van der Waals surface area contributed by atoms with Crippen molar-refractivity contribution >= 4 is 18.0 Å². The number of ether oxygens (including phenoxy) is 1. The molecule has 1 atom stereocenters. The van der Waals surface area contributed by atoms with Gasteiger partial charge in [-0.3, -0.25) is 9.59 Å². The number of amides is 2. The summed E-state index contributed by atoms with van der Waals surface area (Å²) >= 11 is 0. The van der Waals surface area contributed by atoms with Gasteiger partial charge in [-0.05, 0) is 47.9 Å². The van der Waals surface area contributed by atoms with Crippen LogP contribution in [0.15, 0.2) is 48.5 Å². The summed E-state index contributed by atoms with van der Waals surface area (Å²) in [6, 6.07) is 16.1. The highest BCUT2D eigenvalue weighted by atomic mass is 16.5. The number of carboxylic acid groups (broad SMARTS) is 1. The Labute approximate surface area is 206 Å². The van der Waals surface area contributed by atoms with Crippen LogP contribution in [0.3, 0.4) is 0 Å². The van der Waals surface area contributed by atoms with Crippen LogP contribution < -0.4 is 5.32 Å². The van der Waals surface area contributed by atoms with Crippen molar-refractivity contribution in [1.82, 2.24) is 10.2 Å². The van der Waals surface area contributed by atoms with Gasteiger partial charge in [-0.1, -0.05) is 62.4 Å². The summed E-state index contributed by atoms with van der Waals surface area (Å²) in [5.41, 5.74) is 3.95. The number of rotatable bonds is 8. The second kappa shape index (κ2) is 10.5. The average Bonchev–Trinajstić information content (AvgIpc) is 3.16. The fourth-order valence-corrected chi connectivity index (χ4v) is 5.30. The maximum atomic E-state index is 13.2. The molecule has 2 aromatic carbocycles. The molecule has 1 saturated heterocycles. The first kappa shape index (κ1) is 24.8. The number of carboxylic acids is 1. The van der Waals surface area contributed by atoms with Crippen molar-refractivity contribution in [3.05, 3.63) is 59.7 Å². The van der Waals surface area contributed by atoms with Crippen molar-refractivity contribution in [2.75, 3.05) is 19.7 Å². The maximum absolute atomic E-state index is 13.2. The van der Waals surface area contributed by atoms with Gasteiger partial charge in [-0.2, -0.15) is 0 Å². The Hall–Kier alpha value is -3.35.